The van der Waals surface area contributed by atoms with Crippen LogP contribution in [0, 0.1) is 0 Å². The zero-order valence-electron chi connectivity index (χ0n) is 10.5. The van der Waals surface area contributed by atoms with Crippen LogP contribution in [-0.4, -0.2) is 5.91 Å². The Morgan fingerprint density at radius 2 is 1.81 bits per heavy atom. The zero-order valence-corrected chi connectivity index (χ0v) is 14.2. The fourth-order valence-electron chi connectivity index (χ4n) is 1.86. The molecule has 0 atom stereocenters. The standard InChI is InChI=1S/C14H9Cl2INO3/c15-9-2-1-3-10(16)13(9)14(19)18-7-8-4-5-11-12(6-8)21-17-20-11/h1-6H,7H2,(H,18,19)/q-1. The average Bonchev–Trinajstić information content (AvgIpc) is 2.92. The molecule has 0 unspecified atom stereocenters. The van der Waals surface area contributed by atoms with E-state index in [-0.39, 0.29) is 11.5 Å². The third-order valence-electron chi connectivity index (χ3n) is 2.88. The summed E-state index contributed by atoms with van der Waals surface area (Å²) < 4.78 is 10.7. The van der Waals surface area contributed by atoms with E-state index in [1.54, 1.807) is 18.2 Å². The van der Waals surface area contributed by atoms with Crippen LogP contribution in [0.5, 0.6) is 11.5 Å². The van der Waals surface area contributed by atoms with Crippen molar-refractivity contribution in [3.63, 3.8) is 0 Å². The van der Waals surface area contributed by atoms with E-state index in [2.05, 4.69) is 5.32 Å². The van der Waals surface area contributed by atoms with Crippen LogP contribution in [0.15, 0.2) is 36.4 Å². The van der Waals surface area contributed by atoms with Crippen molar-refractivity contribution in [2.45, 2.75) is 6.54 Å². The summed E-state index contributed by atoms with van der Waals surface area (Å²) in [5.41, 5.74) is 1.20. The van der Waals surface area contributed by atoms with E-state index >= 15 is 0 Å². The molecular formula is C14H9Cl2INO3-. The Balaban J connectivity index is 1.71. The molecule has 3 rings (SSSR count). The van der Waals surface area contributed by atoms with E-state index in [1.807, 2.05) is 18.2 Å². The second kappa shape index (κ2) is 6.29. The molecule has 0 saturated heterocycles. The van der Waals surface area contributed by atoms with Gasteiger partial charge in [-0.15, -0.1) is 0 Å². The molecule has 1 heterocycles. The van der Waals surface area contributed by atoms with E-state index in [9.17, 15) is 4.79 Å². The first-order valence-electron chi connectivity index (χ1n) is 5.99. The molecule has 1 amide bonds. The summed E-state index contributed by atoms with van der Waals surface area (Å²) in [5.74, 6) is 1.17. The van der Waals surface area contributed by atoms with Crippen LogP contribution in [-0.2, 0) is 6.54 Å². The molecule has 2 aromatic rings. The SMILES string of the molecule is O=C(NCc1ccc2c(c1)O[I-]O2)c1c(Cl)cccc1Cl. The summed E-state index contributed by atoms with van der Waals surface area (Å²) in [6.45, 7) is 0.356. The third-order valence-corrected chi connectivity index (χ3v) is 4.82. The van der Waals surface area contributed by atoms with Gasteiger partial charge in [0.1, 0.15) is 0 Å². The summed E-state index contributed by atoms with van der Waals surface area (Å²) in [5, 5.41) is 3.45. The Hall–Kier alpha value is -1.18. The number of nitrogens with one attached hydrogen (secondary N) is 1. The van der Waals surface area contributed by atoms with Crippen molar-refractivity contribution in [2.24, 2.45) is 0 Å². The van der Waals surface area contributed by atoms with E-state index < -0.39 is 22.0 Å². The maximum absolute atomic E-state index is 12.2. The molecule has 0 radical (unpaired) electrons. The number of fused-ring (bicyclic) bond motifs is 1. The molecule has 110 valence electrons. The fourth-order valence-corrected chi connectivity index (χ4v) is 3.61. The van der Waals surface area contributed by atoms with Crippen LogP contribution in [0.3, 0.4) is 0 Å². The molecule has 1 aliphatic rings. The van der Waals surface area contributed by atoms with Gasteiger partial charge >= 0.3 is 143 Å². The van der Waals surface area contributed by atoms with Gasteiger partial charge in [-0.25, -0.2) is 0 Å². The number of benzene rings is 2. The van der Waals surface area contributed by atoms with Gasteiger partial charge in [0, 0.05) is 0 Å². The van der Waals surface area contributed by atoms with E-state index in [1.165, 1.54) is 0 Å². The van der Waals surface area contributed by atoms with Crippen LogP contribution in [0.25, 0.3) is 0 Å². The number of amides is 1. The molecule has 1 aliphatic heterocycles. The molecule has 7 heteroatoms. The van der Waals surface area contributed by atoms with Gasteiger partial charge in [0.2, 0.25) is 0 Å². The van der Waals surface area contributed by atoms with E-state index in [0.29, 0.717) is 16.6 Å². The number of rotatable bonds is 3. The molecule has 21 heavy (non-hydrogen) atoms. The topological polar surface area (TPSA) is 47.6 Å². The van der Waals surface area contributed by atoms with Gasteiger partial charge in [-0.3, -0.25) is 0 Å². The number of halogens is 3. The first-order chi connectivity index (χ1) is 10.1. The van der Waals surface area contributed by atoms with Crippen molar-refractivity contribution < 1.29 is 33.0 Å². The van der Waals surface area contributed by atoms with Gasteiger partial charge in [0.05, 0.1) is 0 Å². The minimum absolute atomic E-state index is 0.285. The summed E-state index contributed by atoms with van der Waals surface area (Å²) >= 11 is 11.3. The number of carbonyl (C=O) groups excluding carboxylic acids is 1. The summed E-state index contributed by atoms with van der Waals surface area (Å²) in [6.07, 6.45) is 0. The van der Waals surface area contributed by atoms with Gasteiger partial charge in [-0.1, -0.05) is 0 Å². The summed E-state index contributed by atoms with van der Waals surface area (Å²) in [6, 6.07) is 10.5. The summed E-state index contributed by atoms with van der Waals surface area (Å²) in [4.78, 5) is 12.2. The van der Waals surface area contributed by atoms with Crippen molar-refractivity contribution >= 4 is 29.1 Å². The molecule has 2 aromatic carbocycles. The van der Waals surface area contributed by atoms with E-state index in [4.69, 9.17) is 29.3 Å². The average molecular weight is 437 g/mol. The Bertz CT molecular complexity index is 688. The Morgan fingerprint density at radius 1 is 1.10 bits per heavy atom. The molecule has 0 fully saturated rings. The molecule has 0 aromatic heterocycles. The molecule has 1 N–H and O–H groups in total. The van der Waals surface area contributed by atoms with Crippen LogP contribution in [0.4, 0.5) is 0 Å². The molecule has 0 bridgehead atoms. The van der Waals surface area contributed by atoms with Gasteiger partial charge < -0.3 is 0 Å². The monoisotopic (exact) mass is 436 g/mol. The normalized spacial score (nSPS) is 12.7. The van der Waals surface area contributed by atoms with Crippen molar-refractivity contribution in [1.29, 1.82) is 0 Å². The number of carbonyl (C=O) groups is 1. The molecule has 0 saturated carbocycles. The quantitative estimate of drug-likeness (QED) is 0.717. The van der Waals surface area contributed by atoms with Crippen LogP contribution in [0.2, 0.25) is 10.0 Å². The third kappa shape index (κ3) is 3.20. The Labute approximate surface area is 142 Å². The van der Waals surface area contributed by atoms with Gasteiger partial charge in [-0.2, -0.15) is 0 Å². The predicted octanol–water partition coefficient (Wildman–Crippen LogP) is 0.614. The second-order valence-electron chi connectivity index (χ2n) is 4.28. The van der Waals surface area contributed by atoms with Gasteiger partial charge in [0.25, 0.3) is 0 Å². The van der Waals surface area contributed by atoms with Gasteiger partial charge in [-0.05, 0) is 0 Å². The van der Waals surface area contributed by atoms with Crippen LogP contribution >= 0.6 is 23.2 Å². The number of hydrogen-bond donors (Lipinski definition) is 1. The summed E-state index contributed by atoms with van der Waals surface area (Å²) in [7, 11) is 0. The number of hydrogen-bond acceptors (Lipinski definition) is 3. The molecule has 4 nitrogen and oxygen atoms in total. The second-order valence-corrected chi connectivity index (χ2v) is 6.33. The maximum atomic E-state index is 12.2. The van der Waals surface area contributed by atoms with Crippen LogP contribution in [0.1, 0.15) is 15.9 Å². The fraction of sp³-hybridized carbons (Fsp3) is 0.0714. The molecule has 0 aliphatic carbocycles. The molecular weight excluding hydrogens is 428 g/mol. The van der Waals surface area contributed by atoms with Crippen molar-refractivity contribution in [2.75, 3.05) is 0 Å². The Kier molecular flexibility index (Phi) is 4.42. The molecule has 0 spiro atoms. The first-order valence-corrected chi connectivity index (χ1v) is 8.51. The zero-order chi connectivity index (χ0) is 14.8. The van der Waals surface area contributed by atoms with Gasteiger partial charge in [0.15, 0.2) is 0 Å². The van der Waals surface area contributed by atoms with Crippen LogP contribution < -0.4 is 33.5 Å². The minimum atomic E-state index is -0.691. The van der Waals surface area contributed by atoms with Crippen molar-refractivity contribution in [3.8, 4) is 11.5 Å². The predicted molar refractivity (Wildman–Crippen MR) is 75.3 cm³/mol. The first kappa shape index (κ1) is 14.7. The van der Waals surface area contributed by atoms with Crippen molar-refractivity contribution in [1.82, 2.24) is 5.32 Å². The Morgan fingerprint density at radius 3 is 2.57 bits per heavy atom. The van der Waals surface area contributed by atoms with Crippen molar-refractivity contribution in [3.05, 3.63) is 57.6 Å². The van der Waals surface area contributed by atoms with E-state index in [0.717, 1.165) is 17.1 Å².